The van der Waals surface area contributed by atoms with Crippen molar-refractivity contribution in [2.75, 3.05) is 19.6 Å². The second-order valence-electron chi connectivity index (χ2n) is 10.3. The highest BCUT2D eigenvalue weighted by atomic mass is 16.7. The van der Waals surface area contributed by atoms with E-state index in [1.54, 1.807) is 12.1 Å². The number of piperidine rings is 1. The molecular formula is C27H34N2O5. The highest BCUT2D eigenvalue weighted by Crippen LogP contribution is 2.42. The average molecular weight is 467 g/mol. The van der Waals surface area contributed by atoms with Crippen molar-refractivity contribution < 1.29 is 24.0 Å². The van der Waals surface area contributed by atoms with Gasteiger partial charge in [0.2, 0.25) is 5.88 Å². The third-order valence-corrected chi connectivity index (χ3v) is 6.67. The molecule has 0 bridgehead atoms. The summed E-state index contributed by atoms with van der Waals surface area (Å²) in [5.41, 5.74) is 1.50. The number of benzene rings is 1. The lowest BCUT2D eigenvalue weighted by molar-refractivity contribution is -0.142. The van der Waals surface area contributed by atoms with Gasteiger partial charge >= 0.3 is 11.9 Å². The zero-order valence-electron chi connectivity index (χ0n) is 20.6. The Morgan fingerprint density at radius 1 is 1.06 bits per heavy atom. The molecule has 2 aromatic rings. The number of ether oxygens (including phenoxy) is 1. The molecule has 0 atom stereocenters. The number of rotatable bonds is 6. The second kappa shape index (κ2) is 9.74. The standard InChI is InChI=1S/C27H34N2O5/c1-5-6-7-14-28-15-12-18(13-16-28)24-20-17-19(25(32)27(2,3)4)8-9-21(20)29-26(24)33-22(30)10-11-23(31)34-29/h8-11,17-18H,5-7,12-16H2,1-4H3/b11-10+. The van der Waals surface area contributed by atoms with E-state index in [-0.39, 0.29) is 17.6 Å². The molecule has 7 nitrogen and oxygen atoms in total. The molecule has 7 heteroatoms. The SMILES string of the molecule is CCCCCN1CCC(c2c3n(c4ccc(C(=O)C(C)(C)C)cc24)OC(=O)/C=C/C(=O)O3)CC1. The van der Waals surface area contributed by atoms with Crippen LogP contribution in [0.4, 0.5) is 0 Å². The molecule has 1 saturated heterocycles. The Morgan fingerprint density at radius 2 is 1.76 bits per heavy atom. The van der Waals surface area contributed by atoms with Gasteiger partial charge in [0.15, 0.2) is 5.78 Å². The van der Waals surface area contributed by atoms with Crippen molar-refractivity contribution in [3.63, 3.8) is 0 Å². The number of carbonyl (C=O) groups excluding carboxylic acids is 3. The van der Waals surface area contributed by atoms with Crippen molar-refractivity contribution in [3.8, 4) is 5.88 Å². The third-order valence-electron chi connectivity index (χ3n) is 6.67. The fourth-order valence-corrected chi connectivity index (χ4v) is 4.84. The number of likely N-dealkylation sites (tertiary alicyclic amines) is 1. The molecule has 3 heterocycles. The quantitative estimate of drug-likeness (QED) is 0.350. The zero-order chi connectivity index (χ0) is 24.5. The van der Waals surface area contributed by atoms with Crippen molar-refractivity contribution in [2.24, 2.45) is 5.41 Å². The molecule has 34 heavy (non-hydrogen) atoms. The smallest absolute Gasteiger partial charge is 0.356 e. The number of aromatic nitrogens is 1. The number of esters is 1. The Labute approximate surface area is 200 Å². The monoisotopic (exact) mass is 466 g/mol. The van der Waals surface area contributed by atoms with Crippen molar-refractivity contribution in [1.82, 2.24) is 9.63 Å². The summed E-state index contributed by atoms with van der Waals surface area (Å²) >= 11 is 0. The Hall–Kier alpha value is -2.93. The van der Waals surface area contributed by atoms with E-state index in [4.69, 9.17) is 9.57 Å². The molecule has 0 aliphatic carbocycles. The van der Waals surface area contributed by atoms with Gasteiger partial charge in [-0.3, -0.25) is 4.79 Å². The maximum absolute atomic E-state index is 13.0. The first-order chi connectivity index (χ1) is 16.2. The summed E-state index contributed by atoms with van der Waals surface area (Å²) in [6, 6.07) is 5.38. The van der Waals surface area contributed by atoms with E-state index in [2.05, 4.69) is 11.8 Å². The molecule has 2 aliphatic rings. The van der Waals surface area contributed by atoms with Crippen LogP contribution in [-0.4, -0.2) is 47.0 Å². The van der Waals surface area contributed by atoms with Gasteiger partial charge in [-0.1, -0.05) is 40.5 Å². The number of nitrogens with zero attached hydrogens (tertiary/aromatic N) is 2. The van der Waals surface area contributed by atoms with Crippen molar-refractivity contribution in [3.05, 3.63) is 41.5 Å². The third kappa shape index (κ3) is 4.94. The molecule has 0 amide bonds. The predicted octanol–water partition coefficient (Wildman–Crippen LogP) is 4.67. The fourth-order valence-electron chi connectivity index (χ4n) is 4.84. The highest BCUT2D eigenvalue weighted by molar-refractivity contribution is 6.04. The Bertz CT molecular complexity index is 1130. The molecule has 1 fully saturated rings. The molecule has 0 radical (unpaired) electrons. The van der Waals surface area contributed by atoms with Gasteiger partial charge in [0.25, 0.3) is 0 Å². The van der Waals surface area contributed by atoms with Crippen LogP contribution >= 0.6 is 0 Å². The fraction of sp³-hybridized carbons (Fsp3) is 0.519. The van der Waals surface area contributed by atoms with E-state index in [0.717, 1.165) is 55.6 Å². The van der Waals surface area contributed by atoms with Crippen LogP contribution in [-0.2, 0) is 9.59 Å². The van der Waals surface area contributed by atoms with E-state index < -0.39 is 17.4 Å². The van der Waals surface area contributed by atoms with Crippen LogP contribution in [0.1, 0.15) is 81.6 Å². The largest absolute Gasteiger partial charge is 0.403 e. The summed E-state index contributed by atoms with van der Waals surface area (Å²) in [6.07, 6.45) is 7.57. The van der Waals surface area contributed by atoms with Gasteiger partial charge in [0.1, 0.15) is 0 Å². The van der Waals surface area contributed by atoms with Gasteiger partial charge in [-0.2, -0.15) is 0 Å². The first-order valence-electron chi connectivity index (χ1n) is 12.3. The molecule has 0 spiro atoms. The maximum Gasteiger partial charge on any atom is 0.356 e. The number of carbonyl (C=O) groups is 3. The molecule has 182 valence electrons. The normalized spacial score (nSPS) is 18.7. The summed E-state index contributed by atoms with van der Waals surface area (Å²) in [5.74, 6) is -0.884. The molecular weight excluding hydrogens is 432 g/mol. The number of hydrogen-bond donors (Lipinski definition) is 0. The van der Waals surface area contributed by atoms with Gasteiger partial charge in [-0.05, 0) is 63.0 Å². The van der Waals surface area contributed by atoms with E-state index in [9.17, 15) is 14.4 Å². The average Bonchev–Trinajstić information content (AvgIpc) is 3.08. The lowest BCUT2D eigenvalue weighted by atomic mass is 9.84. The minimum atomic E-state index is -0.651. The summed E-state index contributed by atoms with van der Waals surface area (Å²) in [7, 11) is 0. The predicted molar refractivity (Wildman–Crippen MR) is 130 cm³/mol. The van der Waals surface area contributed by atoms with Crippen molar-refractivity contribution in [1.29, 1.82) is 0 Å². The summed E-state index contributed by atoms with van der Waals surface area (Å²) in [6.45, 7) is 10.9. The van der Waals surface area contributed by atoms with Gasteiger partial charge in [-0.15, -0.1) is 4.73 Å². The van der Waals surface area contributed by atoms with Crippen LogP contribution in [0.15, 0.2) is 30.4 Å². The zero-order valence-corrected chi connectivity index (χ0v) is 20.6. The van der Waals surface area contributed by atoms with Crippen LogP contribution < -0.4 is 9.57 Å². The number of ketones is 1. The number of unbranched alkanes of at least 4 members (excludes halogenated alkanes) is 2. The van der Waals surface area contributed by atoms with Crippen LogP contribution in [0, 0.1) is 5.41 Å². The van der Waals surface area contributed by atoms with Crippen molar-refractivity contribution in [2.45, 2.75) is 65.7 Å². The second-order valence-corrected chi connectivity index (χ2v) is 10.3. The van der Waals surface area contributed by atoms with E-state index >= 15 is 0 Å². The lowest BCUT2D eigenvalue weighted by Gasteiger charge is -2.32. The first-order valence-corrected chi connectivity index (χ1v) is 12.3. The van der Waals surface area contributed by atoms with Crippen LogP contribution in [0.3, 0.4) is 0 Å². The minimum Gasteiger partial charge on any atom is -0.403 e. The number of hydrogen-bond acceptors (Lipinski definition) is 6. The minimum absolute atomic E-state index is 0.0281. The number of Topliss-reactive ketones (excluding diaryl/α,β-unsaturated/α-hetero) is 1. The van der Waals surface area contributed by atoms with E-state index in [1.165, 1.54) is 24.0 Å². The molecule has 1 aromatic heterocycles. The summed E-state index contributed by atoms with van der Waals surface area (Å²) < 4.78 is 7.00. The Kier molecular flexibility index (Phi) is 6.94. The first kappa shape index (κ1) is 24.2. The Balaban J connectivity index is 1.76. The van der Waals surface area contributed by atoms with Crippen LogP contribution in [0.2, 0.25) is 0 Å². The molecule has 1 aromatic carbocycles. The van der Waals surface area contributed by atoms with Crippen LogP contribution in [0.5, 0.6) is 5.88 Å². The van der Waals surface area contributed by atoms with E-state index in [1.807, 2.05) is 26.8 Å². The maximum atomic E-state index is 13.0. The lowest BCUT2D eigenvalue weighted by Crippen LogP contribution is -2.34. The Morgan fingerprint density at radius 3 is 2.44 bits per heavy atom. The van der Waals surface area contributed by atoms with Gasteiger partial charge in [0, 0.05) is 34.1 Å². The molecule has 0 unspecified atom stereocenters. The molecule has 0 N–H and O–H groups in total. The van der Waals surface area contributed by atoms with E-state index in [0.29, 0.717) is 11.1 Å². The summed E-state index contributed by atoms with van der Waals surface area (Å²) in [4.78, 5) is 45.7. The highest BCUT2D eigenvalue weighted by Gasteiger charge is 2.33. The van der Waals surface area contributed by atoms with Crippen molar-refractivity contribution >= 4 is 28.6 Å². The van der Waals surface area contributed by atoms with Crippen LogP contribution in [0.25, 0.3) is 10.9 Å². The van der Waals surface area contributed by atoms with Gasteiger partial charge in [0.05, 0.1) is 5.52 Å². The molecule has 0 saturated carbocycles. The van der Waals surface area contributed by atoms with Gasteiger partial charge in [-0.25, -0.2) is 9.59 Å². The van der Waals surface area contributed by atoms with Gasteiger partial charge < -0.3 is 14.5 Å². The number of fused-ring (bicyclic) bond motifs is 3. The molecule has 4 rings (SSSR count). The molecule has 2 aliphatic heterocycles. The summed E-state index contributed by atoms with van der Waals surface area (Å²) in [5, 5.41) is 0.789. The topological polar surface area (TPSA) is 77.8 Å².